The summed E-state index contributed by atoms with van der Waals surface area (Å²) >= 11 is 1.84. The highest BCUT2D eigenvalue weighted by Crippen LogP contribution is 2.18. The second kappa shape index (κ2) is 6.60. The molecule has 0 radical (unpaired) electrons. The van der Waals surface area contributed by atoms with Crippen LogP contribution < -0.4 is 4.72 Å². The second-order valence-corrected chi connectivity index (χ2v) is 7.74. The van der Waals surface area contributed by atoms with Crippen LogP contribution in [-0.4, -0.2) is 37.0 Å². The highest BCUT2D eigenvalue weighted by atomic mass is 32.2. The molecule has 2 rings (SSSR count). The first kappa shape index (κ1) is 15.3. The number of carbonyl (C=O) groups is 1. The van der Waals surface area contributed by atoms with E-state index in [1.165, 1.54) is 12.1 Å². The number of sulfonamides is 1. The molecule has 0 atom stereocenters. The monoisotopic (exact) mass is 315 g/mol. The van der Waals surface area contributed by atoms with E-state index in [9.17, 15) is 13.2 Å². The summed E-state index contributed by atoms with van der Waals surface area (Å²) in [5.74, 6) is 0.842. The van der Waals surface area contributed by atoms with Gasteiger partial charge in [-0.3, -0.25) is 0 Å². The quantitative estimate of drug-likeness (QED) is 0.864. The first-order chi connectivity index (χ1) is 9.46. The second-order valence-electron chi connectivity index (χ2n) is 4.77. The average Bonchev–Trinajstić information content (AvgIpc) is 2.39. The predicted molar refractivity (Wildman–Crippen MR) is 79.5 cm³/mol. The standard InChI is InChI=1S/C13H17NO4S2/c15-13(16)11-3-1-10(2-4-11)9-20(17,18)14-12-5-7-19-8-6-12/h1-4,12,14H,5-9H2,(H,15,16). The van der Waals surface area contributed by atoms with E-state index in [0.29, 0.717) is 5.56 Å². The summed E-state index contributed by atoms with van der Waals surface area (Å²) in [6.07, 6.45) is 1.73. The van der Waals surface area contributed by atoms with Gasteiger partial charge in [0.05, 0.1) is 11.3 Å². The molecule has 20 heavy (non-hydrogen) atoms. The number of nitrogens with one attached hydrogen (secondary N) is 1. The molecule has 2 N–H and O–H groups in total. The number of aromatic carboxylic acids is 1. The molecule has 7 heteroatoms. The normalized spacial score (nSPS) is 17.0. The summed E-state index contributed by atoms with van der Waals surface area (Å²) in [7, 11) is -3.37. The van der Waals surface area contributed by atoms with Crippen molar-refractivity contribution < 1.29 is 18.3 Å². The highest BCUT2D eigenvalue weighted by Gasteiger charge is 2.20. The fraction of sp³-hybridized carbons (Fsp3) is 0.462. The molecular weight excluding hydrogens is 298 g/mol. The summed E-state index contributed by atoms with van der Waals surface area (Å²) in [4.78, 5) is 10.7. The molecule has 110 valence electrons. The smallest absolute Gasteiger partial charge is 0.335 e. The van der Waals surface area contributed by atoms with Crippen molar-refractivity contribution in [2.45, 2.75) is 24.6 Å². The van der Waals surface area contributed by atoms with E-state index in [4.69, 9.17) is 5.11 Å². The lowest BCUT2D eigenvalue weighted by atomic mass is 10.1. The van der Waals surface area contributed by atoms with Crippen LogP contribution >= 0.6 is 11.8 Å². The molecule has 0 saturated carbocycles. The van der Waals surface area contributed by atoms with Gasteiger partial charge in [0, 0.05) is 6.04 Å². The maximum absolute atomic E-state index is 12.1. The predicted octanol–water partition coefficient (Wildman–Crippen LogP) is 1.70. The van der Waals surface area contributed by atoms with E-state index < -0.39 is 16.0 Å². The lowest BCUT2D eigenvalue weighted by Gasteiger charge is -2.22. The minimum Gasteiger partial charge on any atom is -0.478 e. The third kappa shape index (κ3) is 4.50. The Morgan fingerprint density at radius 1 is 1.25 bits per heavy atom. The topological polar surface area (TPSA) is 83.5 Å². The van der Waals surface area contributed by atoms with Gasteiger partial charge in [-0.25, -0.2) is 17.9 Å². The summed E-state index contributed by atoms with van der Waals surface area (Å²) in [5.41, 5.74) is 0.746. The van der Waals surface area contributed by atoms with E-state index in [1.54, 1.807) is 12.1 Å². The molecule has 0 aliphatic carbocycles. The van der Waals surface area contributed by atoms with Crippen molar-refractivity contribution in [1.82, 2.24) is 4.72 Å². The van der Waals surface area contributed by atoms with Gasteiger partial charge >= 0.3 is 5.97 Å². The van der Waals surface area contributed by atoms with Crippen LogP contribution in [0.3, 0.4) is 0 Å². The SMILES string of the molecule is O=C(O)c1ccc(CS(=O)(=O)NC2CCSCC2)cc1. The minimum absolute atomic E-state index is 0.0274. The van der Waals surface area contributed by atoms with Crippen molar-refractivity contribution in [2.24, 2.45) is 0 Å². The molecule has 0 aromatic heterocycles. The number of benzene rings is 1. The number of rotatable bonds is 5. The van der Waals surface area contributed by atoms with E-state index >= 15 is 0 Å². The molecule has 1 aliphatic heterocycles. The lowest BCUT2D eigenvalue weighted by molar-refractivity contribution is 0.0697. The Morgan fingerprint density at radius 2 is 1.85 bits per heavy atom. The van der Waals surface area contributed by atoms with Gasteiger partial charge in [0.1, 0.15) is 0 Å². The van der Waals surface area contributed by atoms with Crippen LogP contribution in [0, 0.1) is 0 Å². The first-order valence-corrected chi connectivity index (χ1v) is 9.17. The van der Waals surface area contributed by atoms with Crippen molar-refractivity contribution in [1.29, 1.82) is 0 Å². The largest absolute Gasteiger partial charge is 0.478 e. The molecule has 1 aromatic rings. The van der Waals surface area contributed by atoms with Crippen molar-refractivity contribution in [3.8, 4) is 0 Å². The van der Waals surface area contributed by atoms with Crippen molar-refractivity contribution in [3.63, 3.8) is 0 Å². The molecular formula is C13H17NO4S2. The molecule has 1 aliphatic rings. The van der Waals surface area contributed by atoms with Crippen molar-refractivity contribution in [3.05, 3.63) is 35.4 Å². The van der Waals surface area contributed by atoms with Crippen LogP contribution in [0.1, 0.15) is 28.8 Å². The fourth-order valence-corrected chi connectivity index (χ4v) is 4.64. The number of carboxylic acid groups (broad SMARTS) is 1. The van der Waals surface area contributed by atoms with Crippen LogP contribution in [0.2, 0.25) is 0 Å². The van der Waals surface area contributed by atoms with Crippen molar-refractivity contribution >= 4 is 27.8 Å². The molecule has 0 bridgehead atoms. The Labute approximate surface area is 122 Å². The molecule has 1 fully saturated rings. The van der Waals surface area contributed by atoms with E-state index in [2.05, 4.69) is 4.72 Å². The van der Waals surface area contributed by atoms with E-state index in [0.717, 1.165) is 24.3 Å². The third-order valence-electron chi connectivity index (χ3n) is 3.13. The summed E-state index contributed by atoms with van der Waals surface area (Å²) in [5, 5.41) is 8.79. The molecule has 5 nitrogen and oxygen atoms in total. The van der Waals surface area contributed by atoms with Gasteiger partial charge in [0.2, 0.25) is 10.0 Å². The Morgan fingerprint density at radius 3 is 2.40 bits per heavy atom. The average molecular weight is 315 g/mol. The molecule has 0 amide bonds. The summed E-state index contributed by atoms with van der Waals surface area (Å²) < 4.78 is 26.8. The fourth-order valence-electron chi connectivity index (χ4n) is 2.07. The Bertz CT molecular complexity index is 563. The lowest BCUT2D eigenvalue weighted by Crippen LogP contribution is -2.37. The number of hydrogen-bond acceptors (Lipinski definition) is 4. The number of thioether (sulfide) groups is 1. The number of hydrogen-bond donors (Lipinski definition) is 2. The van der Waals surface area contributed by atoms with Crippen molar-refractivity contribution in [2.75, 3.05) is 11.5 Å². The molecule has 1 heterocycles. The third-order valence-corrected chi connectivity index (χ3v) is 5.58. The highest BCUT2D eigenvalue weighted by molar-refractivity contribution is 7.99. The zero-order valence-electron chi connectivity index (χ0n) is 10.9. The van der Waals surface area contributed by atoms with Crippen LogP contribution in [0.25, 0.3) is 0 Å². The maximum Gasteiger partial charge on any atom is 0.335 e. The van der Waals surface area contributed by atoms with Crippen LogP contribution in [-0.2, 0) is 15.8 Å². The zero-order valence-corrected chi connectivity index (χ0v) is 12.5. The van der Waals surface area contributed by atoms with E-state index in [-0.39, 0.29) is 17.4 Å². The minimum atomic E-state index is -3.37. The van der Waals surface area contributed by atoms with Gasteiger partial charge in [-0.1, -0.05) is 12.1 Å². The first-order valence-electron chi connectivity index (χ1n) is 6.36. The van der Waals surface area contributed by atoms with Gasteiger partial charge in [-0.15, -0.1) is 0 Å². The summed E-state index contributed by atoms with van der Waals surface area (Å²) in [6, 6.07) is 5.95. The molecule has 1 aromatic carbocycles. The van der Waals surface area contributed by atoms with Crippen LogP contribution in [0.5, 0.6) is 0 Å². The summed E-state index contributed by atoms with van der Waals surface area (Å²) in [6.45, 7) is 0. The van der Waals surface area contributed by atoms with Gasteiger partial charge in [0.15, 0.2) is 0 Å². The van der Waals surface area contributed by atoms with Gasteiger partial charge in [-0.2, -0.15) is 11.8 Å². The molecule has 0 spiro atoms. The zero-order chi connectivity index (χ0) is 14.6. The molecule has 1 saturated heterocycles. The molecule has 0 unspecified atom stereocenters. The van der Waals surface area contributed by atoms with Crippen LogP contribution in [0.15, 0.2) is 24.3 Å². The maximum atomic E-state index is 12.1. The Hall–Kier alpha value is -1.05. The van der Waals surface area contributed by atoms with E-state index in [1.807, 2.05) is 11.8 Å². The van der Waals surface area contributed by atoms with Gasteiger partial charge < -0.3 is 5.11 Å². The van der Waals surface area contributed by atoms with Gasteiger partial charge in [-0.05, 0) is 42.0 Å². The Balaban J connectivity index is 1.98. The number of carboxylic acids is 1. The Kier molecular flexibility index (Phi) is 5.06. The van der Waals surface area contributed by atoms with Gasteiger partial charge in [0.25, 0.3) is 0 Å². The van der Waals surface area contributed by atoms with Crippen LogP contribution in [0.4, 0.5) is 0 Å².